The zero-order valence-corrected chi connectivity index (χ0v) is 5.72. The molecule has 2 aliphatic heterocycles. The number of hydrogen-bond acceptors (Lipinski definition) is 2. The van der Waals surface area contributed by atoms with Crippen molar-refractivity contribution in [3.8, 4) is 0 Å². The zero-order chi connectivity index (χ0) is 6.81. The van der Waals surface area contributed by atoms with Crippen molar-refractivity contribution in [2.24, 2.45) is 0 Å². The molecule has 0 aliphatic carbocycles. The minimum Gasteiger partial charge on any atom is -0.368 e. The molecule has 0 fully saturated rings. The third kappa shape index (κ3) is 0.817. The average molecular weight is 134 g/mol. The Hall–Kier alpha value is -1.18. The van der Waals surface area contributed by atoms with Crippen LogP contribution in [-0.4, -0.2) is 13.1 Å². The molecule has 2 heteroatoms. The Morgan fingerprint density at radius 1 is 1.00 bits per heavy atom. The molecular formula is C8H10N2. The molecule has 0 saturated heterocycles. The van der Waals surface area contributed by atoms with Crippen molar-refractivity contribution in [2.45, 2.75) is 0 Å². The molecule has 2 N–H and O–H groups in total. The molecule has 2 rings (SSSR count). The predicted molar refractivity (Wildman–Crippen MR) is 41.3 cm³/mol. The third-order valence-corrected chi connectivity index (χ3v) is 1.68. The van der Waals surface area contributed by atoms with Gasteiger partial charge in [0, 0.05) is 18.7 Å². The second kappa shape index (κ2) is 2.21. The smallest absolute Gasteiger partial charge is 0.107 e. The van der Waals surface area contributed by atoms with E-state index in [-0.39, 0.29) is 0 Å². The summed E-state index contributed by atoms with van der Waals surface area (Å²) in [5.41, 5.74) is 1.26. The van der Waals surface area contributed by atoms with Gasteiger partial charge in [-0.1, -0.05) is 24.3 Å². The molecule has 0 unspecified atom stereocenters. The molecule has 0 aromatic rings. The minimum atomic E-state index is 0.944. The van der Waals surface area contributed by atoms with E-state index in [1.54, 1.807) is 0 Å². The van der Waals surface area contributed by atoms with E-state index in [0.717, 1.165) is 13.1 Å². The van der Waals surface area contributed by atoms with Crippen molar-refractivity contribution in [2.75, 3.05) is 13.1 Å². The van der Waals surface area contributed by atoms with Crippen LogP contribution in [0.2, 0.25) is 0 Å². The second-order valence-electron chi connectivity index (χ2n) is 2.40. The van der Waals surface area contributed by atoms with Crippen molar-refractivity contribution < 1.29 is 0 Å². The summed E-state index contributed by atoms with van der Waals surface area (Å²) in [5, 5.41) is 6.50. The first-order chi connectivity index (χ1) is 4.97. The SMILES string of the molecule is C1=CC2=C(NC1)NCC=C2. The third-order valence-electron chi connectivity index (χ3n) is 1.68. The van der Waals surface area contributed by atoms with E-state index in [1.165, 1.54) is 11.4 Å². The van der Waals surface area contributed by atoms with E-state index in [4.69, 9.17) is 0 Å². The number of nitrogens with one attached hydrogen (secondary N) is 2. The molecule has 0 aromatic heterocycles. The van der Waals surface area contributed by atoms with Crippen molar-refractivity contribution in [1.29, 1.82) is 0 Å². The summed E-state index contributed by atoms with van der Waals surface area (Å²) < 4.78 is 0. The van der Waals surface area contributed by atoms with Crippen molar-refractivity contribution in [3.63, 3.8) is 0 Å². The Morgan fingerprint density at radius 3 is 2.10 bits per heavy atom. The van der Waals surface area contributed by atoms with Gasteiger partial charge in [0.2, 0.25) is 0 Å². The molecule has 0 amide bonds. The van der Waals surface area contributed by atoms with Crippen LogP contribution in [0.25, 0.3) is 0 Å². The van der Waals surface area contributed by atoms with Gasteiger partial charge in [-0.3, -0.25) is 0 Å². The standard InChI is InChI=1S/C8H10N2/c1-3-7-4-2-6-10-8(7)9-5-1/h1-4,9-10H,5-6H2. The number of hydrogen-bond donors (Lipinski definition) is 2. The first-order valence-corrected chi connectivity index (χ1v) is 3.52. The molecule has 0 atom stereocenters. The normalized spacial score (nSPS) is 21.6. The van der Waals surface area contributed by atoms with Crippen LogP contribution in [0.1, 0.15) is 0 Å². The van der Waals surface area contributed by atoms with Crippen molar-refractivity contribution >= 4 is 0 Å². The summed E-state index contributed by atoms with van der Waals surface area (Å²) in [7, 11) is 0. The molecule has 0 bridgehead atoms. The highest BCUT2D eigenvalue weighted by Crippen LogP contribution is 2.09. The summed E-state index contributed by atoms with van der Waals surface area (Å²) in [6.45, 7) is 1.89. The van der Waals surface area contributed by atoms with Crippen molar-refractivity contribution in [1.82, 2.24) is 10.6 Å². The fourth-order valence-corrected chi connectivity index (χ4v) is 1.18. The van der Waals surface area contributed by atoms with Gasteiger partial charge in [-0.25, -0.2) is 0 Å². The van der Waals surface area contributed by atoms with Crippen LogP contribution in [0.15, 0.2) is 35.7 Å². The maximum Gasteiger partial charge on any atom is 0.107 e. The Bertz CT molecular complexity index is 201. The maximum atomic E-state index is 3.25. The first-order valence-electron chi connectivity index (χ1n) is 3.52. The molecule has 0 aromatic carbocycles. The van der Waals surface area contributed by atoms with Gasteiger partial charge in [-0.15, -0.1) is 0 Å². The molecule has 0 spiro atoms. The van der Waals surface area contributed by atoms with Crippen LogP contribution in [0.3, 0.4) is 0 Å². The lowest BCUT2D eigenvalue weighted by Crippen LogP contribution is -2.31. The highest BCUT2D eigenvalue weighted by molar-refractivity contribution is 5.39. The number of dihydropyridines is 2. The van der Waals surface area contributed by atoms with Gasteiger partial charge >= 0.3 is 0 Å². The van der Waals surface area contributed by atoms with E-state index in [9.17, 15) is 0 Å². The van der Waals surface area contributed by atoms with Crippen LogP contribution in [-0.2, 0) is 0 Å². The monoisotopic (exact) mass is 134 g/mol. The summed E-state index contributed by atoms with van der Waals surface area (Å²) in [4.78, 5) is 0. The lowest BCUT2D eigenvalue weighted by Gasteiger charge is -2.19. The molecule has 2 aliphatic rings. The summed E-state index contributed by atoms with van der Waals surface area (Å²) in [6, 6.07) is 0. The molecular weight excluding hydrogens is 124 g/mol. The van der Waals surface area contributed by atoms with Crippen LogP contribution in [0.5, 0.6) is 0 Å². The van der Waals surface area contributed by atoms with Crippen LogP contribution in [0.4, 0.5) is 0 Å². The minimum absolute atomic E-state index is 0.944. The molecule has 10 heavy (non-hydrogen) atoms. The van der Waals surface area contributed by atoms with Gasteiger partial charge in [-0.2, -0.15) is 0 Å². The summed E-state index contributed by atoms with van der Waals surface area (Å²) >= 11 is 0. The lowest BCUT2D eigenvalue weighted by atomic mass is 10.1. The Balaban J connectivity index is 2.32. The Labute approximate surface area is 60.3 Å². The van der Waals surface area contributed by atoms with Gasteiger partial charge in [-0.05, 0) is 0 Å². The predicted octanol–water partition coefficient (Wildman–Crippen LogP) is 0.517. The van der Waals surface area contributed by atoms with Gasteiger partial charge in [0.25, 0.3) is 0 Å². The molecule has 0 radical (unpaired) electrons. The highest BCUT2D eigenvalue weighted by Gasteiger charge is 2.05. The lowest BCUT2D eigenvalue weighted by molar-refractivity contribution is 0.734. The molecule has 0 saturated carbocycles. The number of rotatable bonds is 0. The van der Waals surface area contributed by atoms with Crippen LogP contribution < -0.4 is 10.6 Å². The van der Waals surface area contributed by atoms with E-state index in [1.807, 2.05) is 0 Å². The maximum absolute atomic E-state index is 3.25. The van der Waals surface area contributed by atoms with Gasteiger partial charge in [0.05, 0.1) is 0 Å². The van der Waals surface area contributed by atoms with E-state index in [0.29, 0.717) is 0 Å². The van der Waals surface area contributed by atoms with E-state index < -0.39 is 0 Å². The second-order valence-corrected chi connectivity index (χ2v) is 2.40. The van der Waals surface area contributed by atoms with Crippen LogP contribution >= 0.6 is 0 Å². The largest absolute Gasteiger partial charge is 0.368 e. The molecule has 2 nitrogen and oxygen atoms in total. The van der Waals surface area contributed by atoms with E-state index >= 15 is 0 Å². The Morgan fingerprint density at radius 2 is 1.60 bits per heavy atom. The molecule has 52 valence electrons. The van der Waals surface area contributed by atoms with Gasteiger partial charge in [0.1, 0.15) is 5.82 Å². The zero-order valence-electron chi connectivity index (χ0n) is 5.72. The average Bonchev–Trinajstić information content (AvgIpc) is 2.05. The highest BCUT2D eigenvalue weighted by atomic mass is 15.1. The summed E-state index contributed by atoms with van der Waals surface area (Å²) in [5.74, 6) is 1.17. The van der Waals surface area contributed by atoms with Crippen molar-refractivity contribution in [3.05, 3.63) is 35.7 Å². The van der Waals surface area contributed by atoms with E-state index in [2.05, 4.69) is 34.9 Å². The van der Waals surface area contributed by atoms with Gasteiger partial charge < -0.3 is 10.6 Å². The summed E-state index contributed by atoms with van der Waals surface area (Å²) in [6.07, 6.45) is 8.51. The van der Waals surface area contributed by atoms with Gasteiger partial charge in [0.15, 0.2) is 0 Å². The molecule has 2 heterocycles. The van der Waals surface area contributed by atoms with Crippen LogP contribution in [0, 0.1) is 0 Å². The first kappa shape index (κ1) is 5.59. The fraction of sp³-hybridized carbons (Fsp3) is 0.250. The quantitative estimate of drug-likeness (QED) is 0.504. The topological polar surface area (TPSA) is 24.1 Å². The number of allylic oxidation sites excluding steroid dienone is 3. The fourth-order valence-electron chi connectivity index (χ4n) is 1.18. The Kier molecular flexibility index (Phi) is 1.24.